The summed E-state index contributed by atoms with van der Waals surface area (Å²) < 4.78 is 5.34. The van der Waals surface area contributed by atoms with E-state index in [-0.39, 0.29) is 0 Å². The van der Waals surface area contributed by atoms with Crippen molar-refractivity contribution in [3.8, 4) is 17.0 Å². The minimum Gasteiger partial charge on any atom is -0.496 e. The van der Waals surface area contributed by atoms with Gasteiger partial charge in [0.05, 0.1) is 12.8 Å². The van der Waals surface area contributed by atoms with Crippen molar-refractivity contribution in [3.63, 3.8) is 0 Å². The molecule has 0 unspecified atom stereocenters. The fourth-order valence-electron chi connectivity index (χ4n) is 1.62. The quantitative estimate of drug-likeness (QED) is 0.830. The summed E-state index contributed by atoms with van der Waals surface area (Å²) in [4.78, 5) is 0. The molecule has 0 saturated carbocycles. The molecule has 3 nitrogen and oxygen atoms in total. The highest BCUT2D eigenvalue weighted by Crippen LogP contribution is 2.26. The number of ether oxygens (including phenoxy) is 1. The third kappa shape index (κ3) is 1.86. The maximum Gasteiger partial charge on any atom is 0.122 e. The first-order valence-electron chi connectivity index (χ1n) is 5.02. The molecule has 0 fully saturated rings. The van der Waals surface area contributed by atoms with E-state index in [4.69, 9.17) is 4.74 Å². The van der Waals surface area contributed by atoms with Gasteiger partial charge >= 0.3 is 0 Å². The number of hydrogen-bond donors (Lipinski definition) is 1. The molecule has 1 aromatic carbocycles. The molecule has 1 N–H and O–H groups in total. The molecular weight excluding hydrogens is 188 g/mol. The molecule has 0 aliphatic heterocycles. The van der Waals surface area contributed by atoms with Crippen molar-refractivity contribution in [2.75, 3.05) is 7.11 Å². The molecule has 0 saturated heterocycles. The molecule has 0 amide bonds. The summed E-state index contributed by atoms with van der Waals surface area (Å²) >= 11 is 0. The van der Waals surface area contributed by atoms with Crippen LogP contribution in [0.3, 0.4) is 0 Å². The third-order valence-corrected chi connectivity index (χ3v) is 2.46. The number of H-pyrrole nitrogens is 1. The minimum absolute atomic E-state index is 0.929. The van der Waals surface area contributed by atoms with Gasteiger partial charge in [0.15, 0.2) is 0 Å². The highest BCUT2D eigenvalue weighted by Gasteiger charge is 2.05. The maximum absolute atomic E-state index is 5.34. The van der Waals surface area contributed by atoms with Gasteiger partial charge in [0.2, 0.25) is 0 Å². The van der Waals surface area contributed by atoms with Crippen LogP contribution < -0.4 is 4.74 Å². The molecule has 0 spiro atoms. The second kappa shape index (κ2) is 4.17. The van der Waals surface area contributed by atoms with Crippen molar-refractivity contribution in [3.05, 3.63) is 36.0 Å². The van der Waals surface area contributed by atoms with E-state index >= 15 is 0 Å². The first-order chi connectivity index (χ1) is 7.35. The summed E-state index contributed by atoms with van der Waals surface area (Å²) in [5.74, 6) is 0.929. The number of benzene rings is 1. The van der Waals surface area contributed by atoms with E-state index in [1.165, 1.54) is 5.56 Å². The van der Waals surface area contributed by atoms with E-state index in [0.29, 0.717) is 0 Å². The van der Waals surface area contributed by atoms with E-state index in [9.17, 15) is 0 Å². The second-order valence-corrected chi connectivity index (χ2v) is 3.34. The second-order valence-electron chi connectivity index (χ2n) is 3.34. The molecule has 2 aromatic rings. The summed E-state index contributed by atoms with van der Waals surface area (Å²) in [6, 6.07) is 8.12. The molecular formula is C12H14N2O. The van der Waals surface area contributed by atoms with Crippen molar-refractivity contribution >= 4 is 0 Å². The van der Waals surface area contributed by atoms with E-state index < -0.39 is 0 Å². The Morgan fingerprint density at radius 1 is 1.33 bits per heavy atom. The van der Waals surface area contributed by atoms with Gasteiger partial charge < -0.3 is 4.74 Å². The highest BCUT2D eigenvalue weighted by molar-refractivity contribution is 5.62. The summed E-state index contributed by atoms with van der Waals surface area (Å²) in [6.45, 7) is 2.12. The predicted octanol–water partition coefficient (Wildman–Crippen LogP) is 2.65. The van der Waals surface area contributed by atoms with Crippen molar-refractivity contribution in [2.45, 2.75) is 13.3 Å². The van der Waals surface area contributed by atoms with E-state index in [1.807, 2.05) is 18.3 Å². The minimum atomic E-state index is 0.929. The van der Waals surface area contributed by atoms with Gasteiger partial charge in [-0.15, -0.1) is 0 Å². The number of nitrogens with one attached hydrogen (secondary N) is 1. The van der Waals surface area contributed by atoms with Gasteiger partial charge in [-0.2, -0.15) is 5.10 Å². The van der Waals surface area contributed by atoms with Gasteiger partial charge in [-0.25, -0.2) is 0 Å². The van der Waals surface area contributed by atoms with Crippen LogP contribution in [0.2, 0.25) is 0 Å². The van der Waals surface area contributed by atoms with Crippen LogP contribution in [-0.2, 0) is 6.42 Å². The number of aryl methyl sites for hydroxylation is 1. The molecule has 0 aliphatic rings. The lowest BCUT2D eigenvalue weighted by molar-refractivity contribution is 0.410. The van der Waals surface area contributed by atoms with Crippen molar-refractivity contribution in [2.24, 2.45) is 0 Å². The predicted molar refractivity (Wildman–Crippen MR) is 60.0 cm³/mol. The van der Waals surface area contributed by atoms with Crippen molar-refractivity contribution < 1.29 is 4.74 Å². The fourth-order valence-corrected chi connectivity index (χ4v) is 1.62. The average Bonchev–Trinajstić information content (AvgIpc) is 2.81. The molecule has 0 aliphatic carbocycles. The highest BCUT2D eigenvalue weighted by atomic mass is 16.5. The Morgan fingerprint density at radius 3 is 2.80 bits per heavy atom. The number of hydrogen-bond acceptors (Lipinski definition) is 2. The zero-order valence-electron chi connectivity index (χ0n) is 8.95. The average molecular weight is 202 g/mol. The van der Waals surface area contributed by atoms with Crippen LogP contribution in [0.4, 0.5) is 0 Å². The Hall–Kier alpha value is -1.77. The van der Waals surface area contributed by atoms with Gasteiger partial charge in [0.1, 0.15) is 5.75 Å². The topological polar surface area (TPSA) is 37.9 Å². The van der Waals surface area contributed by atoms with Gasteiger partial charge in [-0.1, -0.05) is 19.1 Å². The van der Waals surface area contributed by atoms with Crippen LogP contribution in [0.5, 0.6) is 5.75 Å². The van der Waals surface area contributed by atoms with E-state index in [2.05, 4.69) is 29.3 Å². The third-order valence-electron chi connectivity index (χ3n) is 2.46. The molecule has 0 radical (unpaired) electrons. The molecule has 2 rings (SSSR count). The molecule has 15 heavy (non-hydrogen) atoms. The Kier molecular flexibility index (Phi) is 2.72. The van der Waals surface area contributed by atoms with Gasteiger partial charge in [0, 0.05) is 11.8 Å². The van der Waals surface area contributed by atoms with Crippen molar-refractivity contribution in [1.29, 1.82) is 0 Å². The Balaban J connectivity index is 2.43. The molecule has 78 valence electrons. The lowest BCUT2D eigenvalue weighted by Gasteiger charge is -2.07. The maximum atomic E-state index is 5.34. The Labute approximate surface area is 89.1 Å². The SMILES string of the molecule is CCc1ccc(-c2cc[nH]n2)cc1OC. The monoisotopic (exact) mass is 202 g/mol. The largest absolute Gasteiger partial charge is 0.496 e. The van der Waals surface area contributed by atoms with Crippen LogP contribution in [0.15, 0.2) is 30.5 Å². The molecule has 3 heteroatoms. The van der Waals surface area contributed by atoms with E-state index in [0.717, 1.165) is 23.4 Å². The van der Waals surface area contributed by atoms with Crippen LogP contribution in [0, 0.1) is 0 Å². The van der Waals surface area contributed by atoms with Crippen LogP contribution in [0.1, 0.15) is 12.5 Å². The fraction of sp³-hybridized carbons (Fsp3) is 0.250. The smallest absolute Gasteiger partial charge is 0.122 e. The van der Waals surface area contributed by atoms with Crippen LogP contribution >= 0.6 is 0 Å². The molecule has 0 atom stereocenters. The summed E-state index contributed by atoms with van der Waals surface area (Å²) in [5, 5.41) is 6.94. The number of aromatic amines is 1. The number of nitrogens with zero attached hydrogens (tertiary/aromatic N) is 1. The number of rotatable bonds is 3. The van der Waals surface area contributed by atoms with E-state index in [1.54, 1.807) is 7.11 Å². The van der Waals surface area contributed by atoms with Crippen LogP contribution in [-0.4, -0.2) is 17.3 Å². The first kappa shape index (κ1) is 9.77. The first-order valence-corrected chi connectivity index (χ1v) is 5.02. The molecule has 0 bridgehead atoms. The normalized spacial score (nSPS) is 10.3. The zero-order valence-corrected chi connectivity index (χ0v) is 8.95. The van der Waals surface area contributed by atoms with Gasteiger partial charge in [0.25, 0.3) is 0 Å². The van der Waals surface area contributed by atoms with Crippen molar-refractivity contribution in [1.82, 2.24) is 10.2 Å². The molecule has 1 aromatic heterocycles. The number of methoxy groups -OCH3 is 1. The molecule has 1 heterocycles. The summed E-state index contributed by atoms with van der Waals surface area (Å²) in [7, 11) is 1.70. The van der Waals surface area contributed by atoms with Crippen LogP contribution in [0.25, 0.3) is 11.3 Å². The Morgan fingerprint density at radius 2 is 2.20 bits per heavy atom. The zero-order chi connectivity index (χ0) is 10.7. The summed E-state index contributed by atoms with van der Waals surface area (Å²) in [5.41, 5.74) is 3.23. The standard InChI is InChI=1S/C12H14N2O/c1-3-9-4-5-10(8-12(9)15-2)11-6-7-13-14-11/h4-8H,3H2,1-2H3,(H,13,14). The Bertz CT molecular complexity index is 435. The van der Waals surface area contributed by atoms with Gasteiger partial charge in [-0.3, -0.25) is 5.10 Å². The number of aromatic nitrogens is 2. The lowest BCUT2D eigenvalue weighted by atomic mass is 10.1. The summed E-state index contributed by atoms with van der Waals surface area (Å²) in [6.07, 6.45) is 2.79. The van der Waals surface area contributed by atoms with Gasteiger partial charge in [-0.05, 0) is 24.1 Å². The lowest BCUT2D eigenvalue weighted by Crippen LogP contribution is -1.91.